The first-order valence-corrected chi connectivity index (χ1v) is 8.51. The molecule has 0 radical (unpaired) electrons. The molecule has 1 aliphatic heterocycles. The third kappa shape index (κ3) is 3.27. The highest BCUT2D eigenvalue weighted by Crippen LogP contribution is 2.31. The molecule has 1 saturated carbocycles. The van der Waals surface area contributed by atoms with E-state index in [2.05, 4.69) is 4.57 Å². The molecule has 23 heavy (non-hydrogen) atoms. The van der Waals surface area contributed by atoms with Gasteiger partial charge in [0.05, 0.1) is 0 Å². The summed E-state index contributed by atoms with van der Waals surface area (Å²) in [6.07, 6.45) is 5.79. The first kappa shape index (κ1) is 16.1. The van der Waals surface area contributed by atoms with Gasteiger partial charge in [-0.15, -0.1) is 0 Å². The molecule has 1 aliphatic carbocycles. The lowest BCUT2D eigenvalue weighted by Gasteiger charge is -2.35. The Balaban J connectivity index is 1.64. The van der Waals surface area contributed by atoms with E-state index in [0.29, 0.717) is 32.2 Å². The standard InChI is InChI=1S/C17H25N3O3/c1-13(21)16(22)18-9-11-19(12-10-18)17(23)15-7-4-8-20(15)14-5-2-3-6-14/h4,7-8,13-14,21H,2-3,5-6,9-12H2,1H3. The summed E-state index contributed by atoms with van der Waals surface area (Å²) in [5.74, 6) is -0.211. The van der Waals surface area contributed by atoms with Crippen molar-refractivity contribution < 1.29 is 14.7 Å². The summed E-state index contributed by atoms with van der Waals surface area (Å²) in [4.78, 5) is 28.0. The highest BCUT2D eigenvalue weighted by molar-refractivity contribution is 5.93. The van der Waals surface area contributed by atoms with E-state index in [9.17, 15) is 14.7 Å². The van der Waals surface area contributed by atoms with Crippen molar-refractivity contribution >= 4 is 11.8 Å². The zero-order valence-electron chi connectivity index (χ0n) is 13.6. The number of aromatic nitrogens is 1. The Hall–Kier alpha value is -1.82. The van der Waals surface area contributed by atoms with Crippen LogP contribution in [0.25, 0.3) is 0 Å². The fourth-order valence-corrected chi connectivity index (χ4v) is 3.63. The minimum absolute atomic E-state index is 0.0473. The van der Waals surface area contributed by atoms with E-state index >= 15 is 0 Å². The fourth-order valence-electron chi connectivity index (χ4n) is 3.63. The predicted molar refractivity (Wildman–Crippen MR) is 86.1 cm³/mol. The predicted octanol–water partition coefficient (Wildman–Crippen LogP) is 1.27. The van der Waals surface area contributed by atoms with Crippen LogP contribution in [0.2, 0.25) is 0 Å². The number of amides is 2. The lowest BCUT2D eigenvalue weighted by Crippen LogP contribution is -2.52. The van der Waals surface area contributed by atoms with Crippen LogP contribution in [0, 0.1) is 0 Å². The van der Waals surface area contributed by atoms with Crippen LogP contribution < -0.4 is 0 Å². The van der Waals surface area contributed by atoms with Gasteiger partial charge >= 0.3 is 0 Å². The van der Waals surface area contributed by atoms with Crippen LogP contribution in [-0.2, 0) is 4.79 Å². The first-order chi connectivity index (χ1) is 11.1. The molecule has 1 atom stereocenters. The van der Waals surface area contributed by atoms with Crippen molar-refractivity contribution in [3.8, 4) is 0 Å². The maximum Gasteiger partial charge on any atom is 0.270 e. The summed E-state index contributed by atoms with van der Waals surface area (Å²) >= 11 is 0. The summed E-state index contributed by atoms with van der Waals surface area (Å²) < 4.78 is 2.13. The van der Waals surface area contributed by atoms with Crippen molar-refractivity contribution in [2.45, 2.75) is 44.8 Å². The molecular weight excluding hydrogens is 294 g/mol. The highest BCUT2D eigenvalue weighted by atomic mass is 16.3. The number of hydrogen-bond donors (Lipinski definition) is 1. The molecule has 6 heteroatoms. The van der Waals surface area contributed by atoms with Gasteiger partial charge in [-0.1, -0.05) is 12.8 Å². The van der Waals surface area contributed by atoms with Crippen LogP contribution in [0.15, 0.2) is 18.3 Å². The molecule has 1 aromatic rings. The van der Waals surface area contributed by atoms with Gasteiger partial charge < -0.3 is 19.5 Å². The Morgan fingerprint density at radius 1 is 1.13 bits per heavy atom. The van der Waals surface area contributed by atoms with Crippen molar-refractivity contribution in [2.24, 2.45) is 0 Å². The van der Waals surface area contributed by atoms with Gasteiger partial charge in [0.1, 0.15) is 11.8 Å². The molecule has 1 unspecified atom stereocenters. The monoisotopic (exact) mass is 319 g/mol. The van der Waals surface area contributed by atoms with E-state index in [4.69, 9.17) is 0 Å². The van der Waals surface area contributed by atoms with Crippen LogP contribution in [-0.4, -0.2) is 63.6 Å². The SMILES string of the molecule is CC(O)C(=O)N1CCN(C(=O)c2cccn2C2CCCC2)CC1. The Bertz CT molecular complexity index is 567. The van der Waals surface area contributed by atoms with Gasteiger partial charge in [0.15, 0.2) is 0 Å². The van der Waals surface area contributed by atoms with Crippen molar-refractivity contribution in [1.29, 1.82) is 0 Å². The number of nitrogens with zero attached hydrogens (tertiary/aromatic N) is 3. The van der Waals surface area contributed by atoms with Crippen molar-refractivity contribution in [1.82, 2.24) is 14.4 Å². The number of aliphatic hydroxyl groups is 1. The second-order valence-electron chi connectivity index (χ2n) is 6.53. The molecule has 2 aliphatic rings. The van der Waals surface area contributed by atoms with Gasteiger partial charge in [-0.2, -0.15) is 0 Å². The van der Waals surface area contributed by atoms with Crippen LogP contribution in [0.5, 0.6) is 0 Å². The summed E-state index contributed by atoms with van der Waals surface area (Å²) in [5.41, 5.74) is 0.757. The number of piperazine rings is 1. The maximum atomic E-state index is 12.8. The number of aliphatic hydroxyl groups excluding tert-OH is 1. The summed E-state index contributed by atoms with van der Waals surface area (Å²) in [6, 6.07) is 4.29. The van der Waals surface area contributed by atoms with Gasteiger partial charge in [0.25, 0.3) is 11.8 Å². The molecule has 0 spiro atoms. The lowest BCUT2D eigenvalue weighted by molar-refractivity contribution is -0.140. The highest BCUT2D eigenvalue weighted by Gasteiger charge is 2.29. The quantitative estimate of drug-likeness (QED) is 0.912. The van der Waals surface area contributed by atoms with E-state index in [1.54, 1.807) is 4.90 Å². The molecule has 0 bridgehead atoms. The largest absolute Gasteiger partial charge is 0.384 e. The second kappa shape index (κ2) is 6.74. The Labute approximate surface area is 136 Å². The summed E-state index contributed by atoms with van der Waals surface area (Å²) in [5, 5.41) is 9.38. The average molecular weight is 319 g/mol. The van der Waals surface area contributed by atoms with E-state index in [1.165, 1.54) is 19.8 Å². The molecule has 126 valence electrons. The number of carbonyl (C=O) groups is 2. The van der Waals surface area contributed by atoms with Crippen molar-refractivity contribution in [2.75, 3.05) is 26.2 Å². The molecule has 2 amide bonds. The van der Waals surface area contributed by atoms with Crippen molar-refractivity contribution in [3.63, 3.8) is 0 Å². The lowest BCUT2D eigenvalue weighted by atomic mass is 10.2. The Morgan fingerprint density at radius 2 is 1.74 bits per heavy atom. The van der Waals surface area contributed by atoms with Crippen LogP contribution in [0.3, 0.4) is 0 Å². The molecule has 2 heterocycles. The molecule has 0 aromatic carbocycles. The molecule has 6 nitrogen and oxygen atoms in total. The van der Waals surface area contributed by atoms with Gasteiger partial charge in [-0.3, -0.25) is 9.59 Å². The molecule has 1 N–H and O–H groups in total. The summed E-state index contributed by atoms with van der Waals surface area (Å²) in [6.45, 7) is 3.49. The minimum atomic E-state index is -0.975. The minimum Gasteiger partial charge on any atom is -0.384 e. The molecule has 1 saturated heterocycles. The number of carbonyl (C=O) groups excluding carboxylic acids is 2. The van der Waals surface area contributed by atoms with E-state index in [0.717, 1.165) is 18.5 Å². The Kier molecular flexibility index (Phi) is 4.71. The first-order valence-electron chi connectivity index (χ1n) is 8.51. The van der Waals surface area contributed by atoms with E-state index in [-0.39, 0.29) is 11.8 Å². The third-order valence-corrected chi connectivity index (χ3v) is 4.95. The number of rotatable bonds is 3. The van der Waals surface area contributed by atoms with Crippen molar-refractivity contribution in [3.05, 3.63) is 24.0 Å². The van der Waals surface area contributed by atoms with Crippen LogP contribution >= 0.6 is 0 Å². The van der Waals surface area contributed by atoms with Crippen LogP contribution in [0.4, 0.5) is 0 Å². The fraction of sp³-hybridized carbons (Fsp3) is 0.647. The third-order valence-electron chi connectivity index (χ3n) is 4.95. The maximum absolute atomic E-state index is 12.8. The van der Waals surface area contributed by atoms with Gasteiger partial charge in [-0.25, -0.2) is 0 Å². The number of hydrogen-bond acceptors (Lipinski definition) is 3. The smallest absolute Gasteiger partial charge is 0.270 e. The van der Waals surface area contributed by atoms with E-state index in [1.807, 2.05) is 23.2 Å². The molecule has 3 rings (SSSR count). The second-order valence-corrected chi connectivity index (χ2v) is 6.53. The molecule has 2 fully saturated rings. The van der Waals surface area contributed by atoms with Gasteiger partial charge in [0, 0.05) is 38.4 Å². The van der Waals surface area contributed by atoms with Gasteiger partial charge in [-0.05, 0) is 31.9 Å². The summed E-state index contributed by atoms with van der Waals surface area (Å²) in [7, 11) is 0. The average Bonchev–Trinajstić information content (AvgIpc) is 3.24. The topological polar surface area (TPSA) is 65.8 Å². The zero-order chi connectivity index (χ0) is 16.4. The molecular formula is C17H25N3O3. The van der Waals surface area contributed by atoms with E-state index < -0.39 is 6.10 Å². The Morgan fingerprint density at radius 3 is 2.35 bits per heavy atom. The van der Waals surface area contributed by atoms with Gasteiger partial charge in [0.2, 0.25) is 0 Å². The zero-order valence-corrected chi connectivity index (χ0v) is 13.6. The normalized spacial score (nSPS) is 20.8. The molecule has 1 aromatic heterocycles. The van der Waals surface area contributed by atoms with Crippen LogP contribution in [0.1, 0.15) is 49.1 Å².